The van der Waals surface area contributed by atoms with Crippen molar-refractivity contribution < 1.29 is 9.50 Å². The van der Waals surface area contributed by atoms with E-state index in [9.17, 15) is 9.50 Å². The zero-order valence-electron chi connectivity index (χ0n) is 15.2. The van der Waals surface area contributed by atoms with Gasteiger partial charge in [-0.3, -0.25) is 4.90 Å². The van der Waals surface area contributed by atoms with Crippen molar-refractivity contribution >= 4 is 22.8 Å². The molecule has 2 aromatic carbocycles. The Kier molecular flexibility index (Phi) is 5.45. The van der Waals surface area contributed by atoms with Crippen LogP contribution in [0.3, 0.4) is 0 Å². The molecule has 1 aliphatic heterocycles. The van der Waals surface area contributed by atoms with Gasteiger partial charge in [-0.1, -0.05) is 24.3 Å². The molecular weight excluding hydrogens is 363 g/mol. The Morgan fingerprint density at radius 1 is 1.22 bits per heavy atom. The van der Waals surface area contributed by atoms with Gasteiger partial charge in [-0.2, -0.15) is 8.75 Å². The van der Waals surface area contributed by atoms with Crippen LogP contribution in [0.1, 0.15) is 23.6 Å². The molecule has 5 nitrogen and oxygen atoms in total. The predicted molar refractivity (Wildman–Crippen MR) is 105 cm³/mol. The fraction of sp³-hybridized carbons (Fsp3) is 0.400. The fourth-order valence-corrected chi connectivity index (χ4v) is 4.65. The standard InChI is InChI=1S/C20H23FN4OS/c1-25-15(12-26)9-14(20(25)16-4-2-3-5-17(16)21)11-22-10-13-6-7-18-19(8-13)24-27-23-18/h2-8,14-15,20,22,26H,9-12H2,1H3/t14-,15+,20-/m1/s1. The van der Waals surface area contributed by atoms with Crippen LogP contribution in [0.25, 0.3) is 11.0 Å². The molecule has 0 bridgehead atoms. The van der Waals surface area contributed by atoms with Crippen molar-refractivity contribution in [2.75, 3.05) is 20.2 Å². The van der Waals surface area contributed by atoms with Crippen LogP contribution in [0.4, 0.5) is 4.39 Å². The van der Waals surface area contributed by atoms with Crippen molar-refractivity contribution in [1.29, 1.82) is 0 Å². The molecule has 2 heterocycles. The normalized spacial score (nSPS) is 23.3. The molecule has 27 heavy (non-hydrogen) atoms. The number of aliphatic hydroxyl groups is 1. The van der Waals surface area contributed by atoms with Gasteiger partial charge in [0.25, 0.3) is 0 Å². The molecule has 0 unspecified atom stereocenters. The maximum atomic E-state index is 14.4. The molecule has 0 aliphatic carbocycles. The van der Waals surface area contributed by atoms with Gasteiger partial charge in [0.15, 0.2) is 0 Å². The monoisotopic (exact) mass is 386 g/mol. The molecule has 7 heteroatoms. The molecule has 1 aromatic heterocycles. The first-order valence-electron chi connectivity index (χ1n) is 9.16. The van der Waals surface area contributed by atoms with Crippen LogP contribution in [0.15, 0.2) is 42.5 Å². The molecule has 1 fully saturated rings. The highest BCUT2D eigenvalue weighted by Gasteiger charge is 2.40. The highest BCUT2D eigenvalue weighted by atomic mass is 32.1. The summed E-state index contributed by atoms with van der Waals surface area (Å²) in [5, 5.41) is 13.2. The number of rotatable bonds is 6. The lowest BCUT2D eigenvalue weighted by atomic mass is 9.92. The number of hydrogen-bond donors (Lipinski definition) is 2. The number of nitrogens with one attached hydrogen (secondary N) is 1. The Morgan fingerprint density at radius 2 is 2.04 bits per heavy atom. The van der Waals surface area contributed by atoms with E-state index in [0.29, 0.717) is 5.56 Å². The average molecular weight is 386 g/mol. The number of hydrogen-bond acceptors (Lipinski definition) is 6. The highest BCUT2D eigenvalue weighted by molar-refractivity contribution is 7.00. The predicted octanol–water partition coefficient (Wildman–Crippen LogP) is 2.97. The van der Waals surface area contributed by atoms with Crippen LogP contribution in [0.5, 0.6) is 0 Å². The maximum absolute atomic E-state index is 14.4. The lowest BCUT2D eigenvalue weighted by molar-refractivity contribution is 0.151. The van der Waals surface area contributed by atoms with Crippen LogP contribution in [-0.2, 0) is 6.54 Å². The second-order valence-corrected chi connectivity index (χ2v) is 7.71. The summed E-state index contributed by atoms with van der Waals surface area (Å²) in [6, 6.07) is 13.1. The van der Waals surface area contributed by atoms with Gasteiger partial charge in [-0.15, -0.1) is 0 Å². The van der Waals surface area contributed by atoms with Gasteiger partial charge < -0.3 is 10.4 Å². The minimum atomic E-state index is -0.181. The van der Waals surface area contributed by atoms with Gasteiger partial charge in [0, 0.05) is 30.7 Å². The number of nitrogens with zero attached hydrogens (tertiary/aromatic N) is 3. The second-order valence-electron chi connectivity index (χ2n) is 7.18. The number of aliphatic hydroxyl groups excluding tert-OH is 1. The van der Waals surface area contributed by atoms with Gasteiger partial charge in [-0.05, 0) is 43.1 Å². The van der Waals surface area contributed by atoms with Crippen LogP contribution in [-0.4, -0.2) is 45.0 Å². The van der Waals surface area contributed by atoms with Crippen LogP contribution < -0.4 is 5.32 Å². The Bertz CT molecular complexity index is 918. The zero-order valence-corrected chi connectivity index (χ0v) is 16.0. The van der Waals surface area contributed by atoms with Crippen molar-refractivity contribution in [2.45, 2.75) is 25.0 Å². The molecule has 1 saturated heterocycles. The molecule has 0 spiro atoms. The Labute approximate surface area is 162 Å². The van der Waals surface area contributed by atoms with Gasteiger partial charge in [0.05, 0.1) is 18.3 Å². The van der Waals surface area contributed by atoms with E-state index < -0.39 is 0 Å². The number of likely N-dealkylation sites (tertiary alicyclic amines) is 1. The van der Waals surface area contributed by atoms with E-state index in [2.05, 4.69) is 31.1 Å². The molecular formula is C20H23FN4OS. The topological polar surface area (TPSA) is 61.3 Å². The summed E-state index contributed by atoms with van der Waals surface area (Å²) in [5.41, 5.74) is 3.71. The number of likely N-dealkylation sites (N-methyl/N-ethyl adjacent to an activating group) is 1. The van der Waals surface area contributed by atoms with Crippen molar-refractivity contribution in [3.05, 3.63) is 59.4 Å². The SMILES string of the molecule is CN1[C@H](CO)C[C@H](CNCc2ccc3nsnc3c2)[C@@H]1c1ccccc1F. The van der Waals surface area contributed by atoms with Gasteiger partial charge >= 0.3 is 0 Å². The summed E-state index contributed by atoms with van der Waals surface area (Å²) < 4.78 is 22.9. The highest BCUT2D eigenvalue weighted by Crippen LogP contribution is 2.40. The van der Waals surface area contributed by atoms with E-state index in [1.807, 2.05) is 25.2 Å². The van der Waals surface area contributed by atoms with E-state index in [0.717, 1.165) is 36.1 Å². The fourth-order valence-electron chi connectivity index (χ4n) is 4.13. The molecule has 4 rings (SSSR count). The van der Waals surface area contributed by atoms with Gasteiger partial charge in [0.1, 0.15) is 16.9 Å². The second kappa shape index (κ2) is 7.98. The Hall–Kier alpha value is -1.93. The first-order valence-corrected chi connectivity index (χ1v) is 9.89. The molecule has 3 aromatic rings. The Balaban J connectivity index is 1.46. The lowest BCUT2D eigenvalue weighted by Gasteiger charge is -2.28. The number of fused-ring (bicyclic) bond motifs is 1. The van der Waals surface area contributed by atoms with Crippen molar-refractivity contribution in [1.82, 2.24) is 19.0 Å². The van der Waals surface area contributed by atoms with E-state index in [1.165, 1.54) is 17.8 Å². The quantitative estimate of drug-likeness (QED) is 0.682. The van der Waals surface area contributed by atoms with Gasteiger partial charge in [-0.25, -0.2) is 4.39 Å². The summed E-state index contributed by atoms with van der Waals surface area (Å²) in [6.07, 6.45) is 0.841. The third-order valence-corrected chi connectivity index (χ3v) is 6.08. The summed E-state index contributed by atoms with van der Waals surface area (Å²) in [6.45, 7) is 1.57. The van der Waals surface area contributed by atoms with Gasteiger partial charge in [0.2, 0.25) is 0 Å². The largest absolute Gasteiger partial charge is 0.395 e. The molecule has 1 aliphatic rings. The lowest BCUT2D eigenvalue weighted by Crippen LogP contribution is -2.32. The summed E-state index contributed by atoms with van der Waals surface area (Å²) in [5.74, 6) is 0.0492. The third-order valence-electron chi connectivity index (χ3n) is 5.52. The smallest absolute Gasteiger partial charge is 0.127 e. The van der Waals surface area contributed by atoms with Crippen molar-refractivity contribution in [2.24, 2.45) is 5.92 Å². The zero-order chi connectivity index (χ0) is 18.8. The minimum Gasteiger partial charge on any atom is -0.395 e. The van der Waals surface area contributed by atoms with E-state index in [4.69, 9.17) is 0 Å². The van der Waals surface area contributed by atoms with Crippen molar-refractivity contribution in [3.63, 3.8) is 0 Å². The number of halogens is 1. The van der Waals surface area contributed by atoms with Crippen molar-refractivity contribution in [3.8, 4) is 0 Å². The van der Waals surface area contributed by atoms with Crippen LogP contribution in [0.2, 0.25) is 0 Å². The van der Waals surface area contributed by atoms with Crippen LogP contribution >= 0.6 is 11.7 Å². The summed E-state index contributed by atoms with van der Waals surface area (Å²) in [4.78, 5) is 2.11. The minimum absolute atomic E-state index is 0.0407. The van der Waals surface area contributed by atoms with Crippen LogP contribution in [0, 0.1) is 11.7 Å². The molecule has 142 valence electrons. The van der Waals surface area contributed by atoms with E-state index in [1.54, 1.807) is 6.07 Å². The average Bonchev–Trinajstić information content (AvgIpc) is 3.26. The molecule has 2 N–H and O–H groups in total. The number of benzene rings is 2. The first kappa shape index (κ1) is 18.4. The molecule has 0 radical (unpaired) electrons. The maximum Gasteiger partial charge on any atom is 0.127 e. The summed E-state index contributed by atoms with van der Waals surface area (Å²) in [7, 11) is 1.97. The van der Waals surface area contributed by atoms with E-state index in [-0.39, 0.29) is 30.4 Å². The Morgan fingerprint density at radius 3 is 2.85 bits per heavy atom. The molecule has 0 amide bonds. The number of aromatic nitrogens is 2. The first-order chi connectivity index (χ1) is 13.2. The molecule has 0 saturated carbocycles. The molecule has 3 atom stereocenters. The summed E-state index contributed by atoms with van der Waals surface area (Å²) >= 11 is 1.22. The van der Waals surface area contributed by atoms with E-state index >= 15 is 0 Å². The third kappa shape index (κ3) is 3.73.